The number of urea groups is 1. The molecule has 31 heavy (non-hydrogen) atoms. The molecule has 1 aromatic heterocycles. The number of benzene rings is 1. The predicted octanol–water partition coefficient (Wildman–Crippen LogP) is 3.89. The Morgan fingerprint density at radius 1 is 1.23 bits per heavy atom. The monoisotopic (exact) mass is 440 g/mol. The smallest absolute Gasteiger partial charge is 0.386 e. The third-order valence-corrected chi connectivity index (χ3v) is 5.77. The maximum absolute atomic E-state index is 13.8. The standard InChI is InChI=1S/C21H24F4N4O2/c1-20(31)10-29(11-20)19(30)27-14-4-2-3-13(8-14)26-17-9-18(21(23,24)25)28-16-6-5-12(22)7-15(16)17/h5-7,9,13-14,31H,2-4,8,10-11H2,1H3,(H,26,28)(H,27,30)/t13-,14+/m0/s1. The molecule has 3 N–H and O–H groups in total. The van der Waals surface area contributed by atoms with Gasteiger partial charge in [-0.1, -0.05) is 0 Å². The number of β-amino-alcohol motifs (C(OH)–C–C–N with tert-alkyl or cyclic N) is 1. The molecule has 168 valence electrons. The van der Waals surface area contributed by atoms with Crippen LogP contribution in [0.1, 0.15) is 38.3 Å². The molecule has 6 nitrogen and oxygen atoms in total. The third-order valence-electron chi connectivity index (χ3n) is 5.77. The number of aromatic nitrogens is 1. The normalized spacial score (nSPS) is 23.4. The van der Waals surface area contributed by atoms with Gasteiger partial charge in [-0.2, -0.15) is 13.2 Å². The van der Waals surface area contributed by atoms with E-state index in [-0.39, 0.29) is 47.8 Å². The Hall–Kier alpha value is -2.62. The molecular weight excluding hydrogens is 416 g/mol. The van der Waals surface area contributed by atoms with Crippen molar-refractivity contribution in [1.82, 2.24) is 15.2 Å². The van der Waals surface area contributed by atoms with E-state index in [1.807, 2.05) is 0 Å². The molecule has 2 atom stereocenters. The van der Waals surface area contributed by atoms with Crippen LogP contribution in [0.25, 0.3) is 10.9 Å². The van der Waals surface area contributed by atoms with Crippen molar-refractivity contribution in [3.05, 3.63) is 35.8 Å². The Balaban J connectivity index is 1.49. The number of anilines is 1. The van der Waals surface area contributed by atoms with Crippen molar-refractivity contribution in [1.29, 1.82) is 0 Å². The fraction of sp³-hybridized carbons (Fsp3) is 0.524. The van der Waals surface area contributed by atoms with E-state index in [9.17, 15) is 27.5 Å². The van der Waals surface area contributed by atoms with Crippen LogP contribution in [0, 0.1) is 5.82 Å². The van der Waals surface area contributed by atoms with Crippen LogP contribution in [0.3, 0.4) is 0 Å². The van der Waals surface area contributed by atoms with Gasteiger partial charge in [-0.15, -0.1) is 0 Å². The van der Waals surface area contributed by atoms with Gasteiger partial charge < -0.3 is 20.6 Å². The molecule has 2 amide bonds. The number of nitrogens with zero attached hydrogens (tertiary/aromatic N) is 2. The van der Waals surface area contributed by atoms with Crippen LogP contribution in [0.4, 0.5) is 28.0 Å². The lowest BCUT2D eigenvalue weighted by molar-refractivity contribution is -0.140. The summed E-state index contributed by atoms with van der Waals surface area (Å²) >= 11 is 0. The van der Waals surface area contributed by atoms with Crippen LogP contribution in [0.5, 0.6) is 0 Å². The van der Waals surface area contributed by atoms with Gasteiger partial charge in [0.2, 0.25) is 0 Å². The highest BCUT2D eigenvalue weighted by molar-refractivity contribution is 5.91. The zero-order valence-corrected chi connectivity index (χ0v) is 17.0. The second-order valence-corrected chi connectivity index (χ2v) is 8.72. The summed E-state index contributed by atoms with van der Waals surface area (Å²) in [5.41, 5.74) is -1.67. The number of nitrogens with one attached hydrogen (secondary N) is 2. The van der Waals surface area contributed by atoms with Crippen molar-refractivity contribution in [2.75, 3.05) is 18.4 Å². The molecule has 10 heteroatoms. The summed E-state index contributed by atoms with van der Waals surface area (Å²) in [6.07, 6.45) is -1.85. The second kappa shape index (κ2) is 7.81. The number of rotatable bonds is 3. The largest absolute Gasteiger partial charge is 0.433 e. The average Bonchev–Trinajstić information content (AvgIpc) is 2.65. The first kappa shape index (κ1) is 21.6. The Kier molecular flexibility index (Phi) is 5.45. The molecule has 0 radical (unpaired) electrons. The molecule has 2 fully saturated rings. The molecule has 0 spiro atoms. The third kappa shape index (κ3) is 4.84. The van der Waals surface area contributed by atoms with Gasteiger partial charge in [0.05, 0.1) is 24.2 Å². The van der Waals surface area contributed by atoms with Crippen LogP contribution in [-0.4, -0.2) is 51.8 Å². The van der Waals surface area contributed by atoms with Gasteiger partial charge in [0.15, 0.2) is 0 Å². The molecule has 2 aromatic rings. The predicted molar refractivity (Wildman–Crippen MR) is 107 cm³/mol. The number of halogens is 4. The summed E-state index contributed by atoms with van der Waals surface area (Å²) in [4.78, 5) is 17.5. The first-order chi connectivity index (χ1) is 14.5. The maximum Gasteiger partial charge on any atom is 0.433 e. The van der Waals surface area contributed by atoms with Gasteiger partial charge in [0.25, 0.3) is 0 Å². The Morgan fingerprint density at radius 2 is 1.94 bits per heavy atom. The van der Waals surface area contributed by atoms with E-state index in [0.29, 0.717) is 12.8 Å². The fourth-order valence-electron chi connectivity index (χ4n) is 4.32. The zero-order chi connectivity index (χ0) is 22.4. The number of carbonyl (C=O) groups is 1. The van der Waals surface area contributed by atoms with Crippen molar-refractivity contribution >= 4 is 22.6 Å². The minimum Gasteiger partial charge on any atom is -0.386 e. The second-order valence-electron chi connectivity index (χ2n) is 8.72. The van der Waals surface area contributed by atoms with Crippen LogP contribution in [0.15, 0.2) is 24.3 Å². The lowest BCUT2D eigenvalue weighted by Gasteiger charge is -2.44. The summed E-state index contributed by atoms with van der Waals surface area (Å²) < 4.78 is 53.6. The van der Waals surface area contributed by atoms with E-state index in [2.05, 4.69) is 15.6 Å². The first-order valence-corrected chi connectivity index (χ1v) is 10.2. The molecule has 1 saturated carbocycles. The molecule has 0 bridgehead atoms. The van der Waals surface area contributed by atoms with Crippen LogP contribution in [-0.2, 0) is 6.18 Å². The number of pyridine rings is 1. The number of likely N-dealkylation sites (tertiary alicyclic amines) is 1. The zero-order valence-electron chi connectivity index (χ0n) is 17.0. The number of fused-ring (bicyclic) bond motifs is 1. The van der Waals surface area contributed by atoms with Gasteiger partial charge in [-0.05, 0) is 56.9 Å². The molecule has 4 rings (SSSR count). The minimum atomic E-state index is -4.62. The van der Waals surface area contributed by atoms with E-state index >= 15 is 0 Å². The molecular formula is C21H24F4N4O2. The topological polar surface area (TPSA) is 77.5 Å². The summed E-state index contributed by atoms with van der Waals surface area (Å²) in [6.45, 7) is 2.19. The molecule has 1 aliphatic heterocycles. The maximum atomic E-state index is 13.8. The van der Waals surface area contributed by atoms with Crippen molar-refractivity contribution in [3.8, 4) is 0 Å². The number of hydrogen-bond acceptors (Lipinski definition) is 4. The Labute approximate surface area is 176 Å². The molecule has 1 aliphatic carbocycles. The lowest BCUT2D eigenvalue weighted by Crippen LogP contribution is -2.64. The van der Waals surface area contributed by atoms with Gasteiger partial charge in [0, 0.05) is 23.2 Å². The van der Waals surface area contributed by atoms with E-state index < -0.39 is 23.3 Å². The number of carbonyl (C=O) groups excluding carboxylic acids is 1. The molecule has 2 aliphatic rings. The van der Waals surface area contributed by atoms with Gasteiger partial charge in [-0.25, -0.2) is 14.2 Å². The van der Waals surface area contributed by atoms with Crippen molar-refractivity contribution < 1.29 is 27.5 Å². The van der Waals surface area contributed by atoms with Gasteiger partial charge in [0.1, 0.15) is 11.5 Å². The highest BCUT2D eigenvalue weighted by Crippen LogP contribution is 2.34. The van der Waals surface area contributed by atoms with Crippen molar-refractivity contribution in [3.63, 3.8) is 0 Å². The molecule has 1 saturated heterocycles. The van der Waals surface area contributed by atoms with E-state index in [0.717, 1.165) is 25.0 Å². The first-order valence-electron chi connectivity index (χ1n) is 10.2. The Bertz CT molecular complexity index is 987. The van der Waals surface area contributed by atoms with Gasteiger partial charge in [-0.3, -0.25) is 0 Å². The van der Waals surface area contributed by atoms with E-state index in [4.69, 9.17) is 0 Å². The van der Waals surface area contributed by atoms with E-state index in [1.54, 1.807) is 6.92 Å². The summed E-state index contributed by atoms with van der Waals surface area (Å²) in [6, 6.07) is 3.81. The average molecular weight is 440 g/mol. The Morgan fingerprint density at radius 3 is 2.61 bits per heavy atom. The quantitative estimate of drug-likeness (QED) is 0.633. The van der Waals surface area contributed by atoms with E-state index in [1.165, 1.54) is 17.0 Å². The number of hydrogen-bond donors (Lipinski definition) is 3. The van der Waals surface area contributed by atoms with Crippen molar-refractivity contribution in [2.24, 2.45) is 0 Å². The minimum absolute atomic E-state index is 0.0595. The number of aliphatic hydroxyl groups is 1. The van der Waals surface area contributed by atoms with Crippen LogP contribution >= 0.6 is 0 Å². The molecule has 2 heterocycles. The van der Waals surface area contributed by atoms with Crippen LogP contribution < -0.4 is 10.6 Å². The molecule has 0 unspecified atom stereocenters. The highest BCUT2D eigenvalue weighted by Gasteiger charge is 2.40. The van der Waals surface area contributed by atoms with Crippen LogP contribution in [0.2, 0.25) is 0 Å². The lowest BCUT2D eigenvalue weighted by atomic mass is 9.90. The summed E-state index contributed by atoms with van der Waals surface area (Å²) in [7, 11) is 0. The summed E-state index contributed by atoms with van der Waals surface area (Å²) in [5, 5.41) is 16.1. The number of alkyl halides is 3. The molecule has 1 aromatic carbocycles. The van der Waals surface area contributed by atoms with Crippen molar-refractivity contribution in [2.45, 2.75) is 56.5 Å². The highest BCUT2D eigenvalue weighted by atomic mass is 19.4. The fourth-order valence-corrected chi connectivity index (χ4v) is 4.32. The van der Waals surface area contributed by atoms with Gasteiger partial charge >= 0.3 is 12.2 Å². The number of amides is 2. The SMILES string of the molecule is CC1(O)CN(C(=O)N[C@@H]2CCC[C@H](Nc3cc(C(F)(F)F)nc4ccc(F)cc34)C2)C1. The summed E-state index contributed by atoms with van der Waals surface area (Å²) in [5.74, 6) is -0.559.